The molecule has 0 spiro atoms. The maximum Gasteiger partial charge on any atom is 0.338 e. The molecule has 5 heteroatoms. The molecule has 0 bridgehead atoms. The highest BCUT2D eigenvalue weighted by atomic mass is 79.9. The molecule has 0 N–H and O–H groups in total. The Balaban J connectivity index is 3.18. The van der Waals surface area contributed by atoms with Crippen LogP contribution in [0.15, 0.2) is 18.2 Å². The second-order valence-electron chi connectivity index (χ2n) is 3.84. The summed E-state index contributed by atoms with van der Waals surface area (Å²) in [4.78, 5) is 23.4. The molecule has 0 radical (unpaired) electrons. The fourth-order valence-electron chi connectivity index (χ4n) is 1.56. The van der Waals surface area contributed by atoms with Crippen LogP contribution in [0.4, 0.5) is 0 Å². The van der Waals surface area contributed by atoms with E-state index in [1.165, 1.54) is 6.07 Å². The molecule has 4 nitrogen and oxygen atoms in total. The van der Waals surface area contributed by atoms with E-state index in [0.29, 0.717) is 30.1 Å². The van der Waals surface area contributed by atoms with Crippen LogP contribution in [-0.4, -0.2) is 29.8 Å². The van der Waals surface area contributed by atoms with Gasteiger partial charge in [0.15, 0.2) is 5.78 Å². The van der Waals surface area contributed by atoms with Crippen LogP contribution in [0.25, 0.3) is 0 Å². The van der Waals surface area contributed by atoms with Crippen LogP contribution >= 0.6 is 15.9 Å². The summed E-state index contributed by atoms with van der Waals surface area (Å²) in [5, 5.41) is 0. The van der Waals surface area contributed by atoms with Gasteiger partial charge in [0.25, 0.3) is 0 Å². The molecule has 1 atom stereocenters. The topological polar surface area (TPSA) is 52.6 Å². The SMILES string of the molecule is CCOC(=O)c1ccc(OCC)c(C(=O)C(C)Br)c1. The van der Waals surface area contributed by atoms with E-state index >= 15 is 0 Å². The van der Waals surface area contributed by atoms with Crippen LogP contribution in [0.5, 0.6) is 5.75 Å². The predicted octanol–water partition coefficient (Wildman–Crippen LogP) is 3.23. The third kappa shape index (κ3) is 4.06. The zero-order valence-corrected chi connectivity index (χ0v) is 12.8. The van der Waals surface area contributed by atoms with Crippen molar-refractivity contribution in [2.75, 3.05) is 13.2 Å². The Labute approximate surface area is 121 Å². The monoisotopic (exact) mass is 328 g/mol. The van der Waals surface area contributed by atoms with Gasteiger partial charge in [-0.15, -0.1) is 0 Å². The first kappa shape index (κ1) is 15.7. The van der Waals surface area contributed by atoms with E-state index in [4.69, 9.17) is 9.47 Å². The largest absolute Gasteiger partial charge is 0.493 e. The summed E-state index contributed by atoms with van der Waals surface area (Å²) in [5.74, 6) is -0.0942. The van der Waals surface area contributed by atoms with Crippen molar-refractivity contribution in [3.05, 3.63) is 29.3 Å². The van der Waals surface area contributed by atoms with Crippen LogP contribution in [0.1, 0.15) is 41.5 Å². The molecule has 0 aromatic heterocycles. The number of ketones is 1. The van der Waals surface area contributed by atoms with Crippen molar-refractivity contribution < 1.29 is 19.1 Å². The van der Waals surface area contributed by atoms with Crippen molar-refractivity contribution >= 4 is 27.7 Å². The molecular weight excluding hydrogens is 312 g/mol. The number of esters is 1. The van der Waals surface area contributed by atoms with Gasteiger partial charge in [0.2, 0.25) is 0 Å². The minimum atomic E-state index is -0.443. The fraction of sp³-hybridized carbons (Fsp3) is 0.429. The van der Waals surface area contributed by atoms with E-state index in [9.17, 15) is 9.59 Å². The standard InChI is InChI=1S/C14H17BrO4/c1-4-18-12-7-6-10(14(17)19-5-2)8-11(12)13(16)9(3)15/h6-9H,4-5H2,1-3H3. The molecule has 0 fully saturated rings. The summed E-state index contributed by atoms with van der Waals surface area (Å²) >= 11 is 3.23. The van der Waals surface area contributed by atoms with Gasteiger partial charge in [-0.1, -0.05) is 15.9 Å². The van der Waals surface area contributed by atoms with E-state index in [1.807, 2.05) is 6.92 Å². The van der Waals surface area contributed by atoms with Gasteiger partial charge < -0.3 is 9.47 Å². The minimum Gasteiger partial charge on any atom is -0.493 e. The maximum atomic E-state index is 12.1. The molecule has 1 rings (SSSR count). The number of benzene rings is 1. The summed E-state index contributed by atoms with van der Waals surface area (Å²) in [7, 11) is 0. The first-order valence-electron chi connectivity index (χ1n) is 6.13. The summed E-state index contributed by atoms with van der Waals surface area (Å²) in [5.41, 5.74) is 0.735. The van der Waals surface area contributed by atoms with Gasteiger partial charge in [0, 0.05) is 0 Å². The van der Waals surface area contributed by atoms with Gasteiger partial charge >= 0.3 is 5.97 Å². The van der Waals surface area contributed by atoms with E-state index in [1.54, 1.807) is 26.0 Å². The van der Waals surface area contributed by atoms with Crippen molar-refractivity contribution in [1.82, 2.24) is 0 Å². The Kier molecular flexibility index (Phi) is 6.02. The summed E-state index contributed by atoms with van der Waals surface area (Å²) in [6, 6.07) is 4.74. The normalized spacial score (nSPS) is 11.8. The van der Waals surface area contributed by atoms with Gasteiger partial charge in [0.05, 0.1) is 29.2 Å². The zero-order chi connectivity index (χ0) is 14.4. The lowest BCUT2D eigenvalue weighted by atomic mass is 10.0. The zero-order valence-electron chi connectivity index (χ0n) is 11.2. The number of hydrogen-bond donors (Lipinski definition) is 0. The number of alkyl halides is 1. The van der Waals surface area contributed by atoms with E-state index in [-0.39, 0.29) is 10.6 Å². The molecule has 0 aliphatic rings. The number of carbonyl (C=O) groups is 2. The molecule has 104 valence electrons. The first-order valence-corrected chi connectivity index (χ1v) is 7.05. The Bertz CT molecular complexity index is 469. The van der Waals surface area contributed by atoms with Crippen molar-refractivity contribution in [1.29, 1.82) is 0 Å². The van der Waals surface area contributed by atoms with Crippen LogP contribution in [0.3, 0.4) is 0 Å². The molecule has 0 saturated heterocycles. The van der Waals surface area contributed by atoms with Crippen LogP contribution < -0.4 is 4.74 Å². The Morgan fingerprint density at radius 1 is 1.26 bits per heavy atom. The second-order valence-corrected chi connectivity index (χ2v) is 5.22. The van der Waals surface area contributed by atoms with Crippen LogP contribution in [0.2, 0.25) is 0 Å². The number of rotatable bonds is 6. The van der Waals surface area contributed by atoms with Crippen molar-refractivity contribution in [2.45, 2.75) is 25.6 Å². The number of Topliss-reactive ketones (excluding diaryl/α,β-unsaturated/α-hetero) is 1. The summed E-state index contributed by atoms with van der Waals surface area (Å²) in [6.07, 6.45) is 0. The van der Waals surface area contributed by atoms with Crippen molar-refractivity contribution in [3.8, 4) is 5.75 Å². The number of hydrogen-bond acceptors (Lipinski definition) is 4. The highest BCUT2D eigenvalue weighted by Crippen LogP contribution is 2.24. The van der Waals surface area contributed by atoms with E-state index in [0.717, 1.165) is 0 Å². The number of halogens is 1. The second kappa shape index (κ2) is 7.28. The predicted molar refractivity (Wildman–Crippen MR) is 76.3 cm³/mol. The molecule has 1 unspecified atom stereocenters. The van der Waals surface area contributed by atoms with Crippen molar-refractivity contribution in [2.24, 2.45) is 0 Å². The molecule has 0 heterocycles. The lowest BCUT2D eigenvalue weighted by molar-refractivity contribution is 0.0526. The third-order valence-corrected chi connectivity index (χ3v) is 2.83. The highest BCUT2D eigenvalue weighted by Gasteiger charge is 2.19. The quantitative estimate of drug-likeness (QED) is 0.457. The molecule has 0 saturated carbocycles. The summed E-state index contributed by atoms with van der Waals surface area (Å²) in [6.45, 7) is 6.05. The number of carbonyl (C=O) groups excluding carboxylic acids is 2. The Hall–Kier alpha value is -1.36. The van der Waals surface area contributed by atoms with E-state index in [2.05, 4.69) is 15.9 Å². The highest BCUT2D eigenvalue weighted by molar-refractivity contribution is 9.10. The average molecular weight is 329 g/mol. The molecule has 0 aliphatic carbocycles. The molecule has 1 aromatic rings. The molecular formula is C14H17BrO4. The minimum absolute atomic E-state index is 0.130. The van der Waals surface area contributed by atoms with Gasteiger partial charge in [0.1, 0.15) is 5.75 Å². The lowest BCUT2D eigenvalue weighted by Gasteiger charge is -2.12. The molecule has 19 heavy (non-hydrogen) atoms. The smallest absolute Gasteiger partial charge is 0.338 e. The molecule has 0 amide bonds. The lowest BCUT2D eigenvalue weighted by Crippen LogP contribution is -2.14. The van der Waals surface area contributed by atoms with Crippen LogP contribution in [0, 0.1) is 0 Å². The average Bonchev–Trinajstić information content (AvgIpc) is 2.38. The molecule has 0 aliphatic heterocycles. The summed E-state index contributed by atoms with van der Waals surface area (Å²) < 4.78 is 10.3. The van der Waals surface area contributed by atoms with Crippen LogP contribution in [-0.2, 0) is 4.74 Å². The Morgan fingerprint density at radius 2 is 1.95 bits per heavy atom. The Morgan fingerprint density at radius 3 is 2.47 bits per heavy atom. The van der Waals surface area contributed by atoms with Crippen molar-refractivity contribution in [3.63, 3.8) is 0 Å². The van der Waals surface area contributed by atoms with E-state index < -0.39 is 5.97 Å². The van der Waals surface area contributed by atoms with Gasteiger partial charge in [-0.2, -0.15) is 0 Å². The maximum absolute atomic E-state index is 12.1. The molecule has 1 aromatic carbocycles. The number of ether oxygens (including phenoxy) is 2. The van der Waals surface area contributed by atoms with Gasteiger partial charge in [-0.25, -0.2) is 4.79 Å². The third-order valence-electron chi connectivity index (χ3n) is 2.42. The van der Waals surface area contributed by atoms with Gasteiger partial charge in [-0.05, 0) is 39.0 Å². The van der Waals surface area contributed by atoms with Gasteiger partial charge in [-0.3, -0.25) is 4.79 Å². The first-order chi connectivity index (χ1) is 9.01. The fourth-order valence-corrected chi connectivity index (χ4v) is 1.81.